The van der Waals surface area contributed by atoms with Crippen molar-refractivity contribution in [2.24, 2.45) is 0 Å². The van der Waals surface area contributed by atoms with Crippen molar-refractivity contribution in [2.75, 3.05) is 27.0 Å². The van der Waals surface area contributed by atoms with Crippen molar-refractivity contribution in [3.63, 3.8) is 0 Å². The van der Waals surface area contributed by atoms with E-state index in [4.69, 9.17) is 14.2 Å². The Hall–Kier alpha value is -1.72. The predicted molar refractivity (Wildman–Crippen MR) is 83.6 cm³/mol. The Morgan fingerprint density at radius 1 is 1.26 bits per heavy atom. The zero-order valence-electron chi connectivity index (χ0n) is 13.2. The van der Waals surface area contributed by atoms with Gasteiger partial charge in [0.25, 0.3) is 0 Å². The highest BCUT2D eigenvalue weighted by Crippen LogP contribution is 2.54. The summed E-state index contributed by atoms with van der Waals surface area (Å²) in [6.45, 7) is 2.37. The second-order valence-corrected chi connectivity index (χ2v) is 6.91. The molecule has 3 aliphatic heterocycles. The quantitative estimate of drug-likeness (QED) is 0.856. The lowest BCUT2D eigenvalue weighted by Crippen LogP contribution is -2.46. The van der Waals surface area contributed by atoms with Gasteiger partial charge in [0.1, 0.15) is 11.9 Å². The summed E-state index contributed by atoms with van der Waals surface area (Å²) in [5.41, 5.74) is 2.33. The number of methoxy groups -OCH3 is 1. The summed E-state index contributed by atoms with van der Waals surface area (Å²) in [7, 11) is 1.65. The molecule has 5 heteroatoms. The molecule has 1 spiro atoms. The van der Waals surface area contributed by atoms with Gasteiger partial charge in [-0.05, 0) is 55.1 Å². The minimum atomic E-state index is -0.599. The molecule has 3 atom stereocenters. The average Bonchev–Trinajstić information content (AvgIpc) is 3.21. The standard InChI is InChI=1S/C18H21NO4/c1-21-15-9-18-4-2-5-19(18)6-3-11-7-13-14(23-10-22-13)8-12(11)16(18)17(15)20/h7-9,16-17,20H,2-6,10H2,1H3/t16-,17-,18-/m1/s1. The molecule has 0 amide bonds. The van der Waals surface area contributed by atoms with Crippen molar-refractivity contribution >= 4 is 0 Å². The van der Waals surface area contributed by atoms with Gasteiger partial charge in [0, 0.05) is 12.5 Å². The highest BCUT2D eigenvalue weighted by atomic mass is 16.7. The number of ether oxygens (including phenoxy) is 3. The van der Waals surface area contributed by atoms with Crippen molar-refractivity contribution in [1.29, 1.82) is 0 Å². The van der Waals surface area contributed by atoms with Gasteiger partial charge in [-0.25, -0.2) is 0 Å². The van der Waals surface area contributed by atoms with E-state index >= 15 is 0 Å². The monoisotopic (exact) mass is 315 g/mol. The third-order valence-electron chi connectivity index (χ3n) is 5.99. The molecule has 5 rings (SSSR count). The van der Waals surface area contributed by atoms with E-state index < -0.39 is 6.10 Å². The summed E-state index contributed by atoms with van der Waals surface area (Å²) in [5.74, 6) is 2.33. The zero-order chi connectivity index (χ0) is 15.6. The molecule has 0 radical (unpaired) electrons. The van der Waals surface area contributed by atoms with Crippen LogP contribution >= 0.6 is 0 Å². The summed E-state index contributed by atoms with van der Waals surface area (Å²) < 4.78 is 16.6. The molecule has 1 aliphatic carbocycles. The van der Waals surface area contributed by atoms with Gasteiger partial charge >= 0.3 is 0 Å². The van der Waals surface area contributed by atoms with Crippen LogP contribution in [0.5, 0.6) is 11.5 Å². The number of aliphatic hydroxyl groups is 1. The molecule has 0 unspecified atom stereocenters. The van der Waals surface area contributed by atoms with Gasteiger partial charge in [-0.15, -0.1) is 0 Å². The second-order valence-electron chi connectivity index (χ2n) is 6.91. The molecule has 1 saturated heterocycles. The molecule has 0 aromatic heterocycles. The normalized spacial score (nSPS) is 34.4. The first-order chi connectivity index (χ1) is 11.2. The Morgan fingerprint density at radius 2 is 2.09 bits per heavy atom. The largest absolute Gasteiger partial charge is 0.499 e. The third-order valence-corrected chi connectivity index (χ3v) is 5.99. The number of nitrogens with zero attached hydrogens (tertiary/aromatic N) is 1. The molecule has 1 fully saturated rings. The Labute approximate surface area is 135 Å². The van der Waals surface area contributed by atoms with E-state index in [1.165, 1.54) is 11.1 Å². The highest BCUT2D eigenvalue weighted by Gasteiger charge is 2.56. The van der Waals surface area contributed by atoms with Crippen LogP contribution in [-0.2, 0) is 11.2 Å². The van der Waals surface area contributed by atoms with Crippen LogP contribution in [0.3, 0.4) is 0 Å². The van der Waals surface area contributed by atoms with Gasteiger partial charge in [0.15, 0.2) is 11.5 Å². The van der Waals surface area contributed by atoms with E-state index in [2.05, 4.69) is 23.1 Å². The van der Waals surface area contributed by atoms with E-state index in [1.54, 1.807) is 7.11 Å². The van der Waals surface area contributed by atoms with E-state index in [0.29, 0.717) is 5.76 Å². The Balaban J connectivity index is 1.70. The molecule has 0 bridgehead atoms. The summed E-state index contributed by atoms with van der Waals surface area (Å²) >= 11 is 0. The van der Waals surface area contributed by atoms with Gasteiger partial charge in [-0.2, -0.15) is 0 Å². The number of hydrogen-bond donors (Lipinski definition) is 1. The summed E-state index contributed by atoms with van der Waals surface area (Å²) in [4.78, 5) is 2.53. The minimum Gasteiger partial charge on any atom is -0.499 e. The SMILES string of the molecule is COC1=C[C@@]23CCCN2CCc2cc4c(cc2[C@@H]3[C@@H]1O)OCO4. The van der Waals surface area contributed by atoms with E-state index in [9.17, 15) is 5.11 Å². The van der Waals surface area contributed by atoms with Crippen molar-refractivity contribution < 1.29 is 19.3 Å². The minimum absolute atomic E-state index is 0.00644. The van der Waals surface area contributed by atoms with Crippen molar-refractivity contribution in [3.8, 4) is 11.5 Å². The number of fused-ring (bicyclic) bond motifs is 3. The predicted octanol–water partition coefficient (Wildman–Crippen LogP) is 1.79. The molecular weight excluding hydrogens is 294 g/mol. The summed E-state index contributed by atoms with van der Waals surface area (Å²) in [5, 5.41) is 11.0. The lowest BCUT2D eigenvalue weighted by Gasteiger charge is -2.38. The molecule has 1 aromatic rings. The highest BCUT2D eigenvalue weighted by molar-refractivity contribution is 5.54. The molecule has 1 aromatic carbocycles. The summed E-state index contributed by atoms with van der Waals surface area (Å²) in [6, 6.07) is 4.19. The molecular formula is C18H21NO4. The van der Waals surface area contributed by atoms with Crippen LogP contribution in [0, 0.1) is 0 Å². The van der Waals surface area contributed by atoms with Crippen LogP contribution in [0.1, 0.15) is 29.9 Å². The number of benzene rings is 1. The topological polar surface area (TPSA) is 51.2 Å². The first kappa shape index (κ1) is 13.7. The lowest BCUT2D eigenvalue weighted by molar-refractivity contribution is 0.0782. The van der Waals surface area contributed by atoms with Crippen LogP contribution in [-0.4, -0.2) is 48.6 Å². The average molecular weight is 315 g/mol. The maximum absolute atomic E-state index is 11.0. The van der Waals surface area contributed by atoms with Crippen LogP contribution in [0.15, 0.2) is 24.0 Å². The van der Waals surface area contributed by atoms with Crippen LogP contribution in [0.4, 0.5) is 0 Å². The van der Waals surface area contributed by atoms with Gasteiger partial charge in [0.05, 0.1) is 12.6 Å². The van der Waals surface area contributed by atoms with Crippen LogP contribution < -0.4 is 9.47 Å². The second kappa shape index (κ2) is 4.65. The van der Waals surface area contributed by atoms with E-state index in [-0.39, 0.29) is 18.2 Å². The fourth-order valence-corrected chi connectivity index (χ4v) is 4.99. The first-order valence-corrected chi connectivity index (χ1v) is 8.35. The van der Waals surface area contributed by atoms with E-state index in [1.807, 2.05) is 0 Å². The third kappa shape index (κ3) is 1.69. The maximum Gasteiger partial charge on any atom is 0.231 e. The van der Waals surface area contributed by atoms with Gasteiger partial charge in [0.2, 0.25) is 6.79 Å². The number of hydrogen-bond acceptors (Lipinski definition) is 5. The first-order valence-electron chi connectivity index (χ1n) is 8.35. The number of aliphatic hydroxyl groups excluding tert-OH is 1. The molecule has 122 valence electrons. The Kier molecular flexibility index (Phi) is 2.77. The Morgan fingerprint density at radius 3 is 2.91 bits per heavy atom. The van der Waals surface area contributed by atoms with Gasteiger partial charge in [-0.1, -0.05) is 0 Å². The maximum atomic E-state index is 11.0. The van der Waals surface area contributed by atoms with Crippen LogP contribution in [0.2, 0.25) is 0 Å². The number of rotatable bonds is 1. The Bertz CT molecular complexity index is 701. The molecule has 3 heterocycles. The molecule has 1 N–H and O–H groups in total. The smallest absolute Gasteiger partial charge is 0.231 e. The molecule has 5 nitrogen and oxygen atoms in total. The molecule has 4 aliphatic rings. The van der Waals surface area contributed by atoms with Crippen molar-refractivity contribution in [1.82, 2.24) is 4.90 Å². The van der Waals surface area contributed by atoms with Crippen molar-refractivity contribution in [2.45, 2.75) is 36.8 Å². The molecule has 0 saturated carbocycles. The van der Waals surface area contributed by atoms with Gasteiger partial charge in [-0.3, -0.25) is 4.90 Å². The fraction of sp³-hybridized carbons (Fsp3) is 0.556. The zero-order valence-corrected chi connectivity index (χ0v) is 13.2. The molecule has 23 heavy (non-hydrogen) atoms. The lowest BCUT2D eigenvalue weighted by atomic mass is 9.78. The fourth-order valence-electron chi connectivity index (χ4n) is 4.99. The van der Waals surface area contributed by atoms with Crippen LogP contribution in [0.25, 0.3) is 0 Å². The summed E-state index contributed by atoms with van der Waals surface area (Å²) in [6.07, 6.45) is 4.78. The van der Waals surface area contributed by atoms with E-state index in [0.717, 1.165) is 43.9 Å². The van der Waals surface area contributed by atoms with Gasteiger partial charge < -0.3 is 19.3 Å². The van der Waals surface area contributed by atoms with Crippen molar-refractivity contribution in [3.05, 3.63) is 35.1 Å².